The number of urea groups is 1. The predicted octanol–water partition coefficient (Wildman–Crippen LogP) is 4.32. The number of nitrogens with zero attached hydrogens (tertiary/aromatic N) is 1. The van der Waals surface area contributed by atoms with Gasteiger partial charge in [-0.1, -0.05) is 6.07 Å². The molecule has 140 valence electrons. The van der Waals surface area contributed by atoms with Crippen molar-refractivity contribution in [3.63, 3.8) is 0 Å². The molecule has 4 rings (SSSR count). The molecule has 3 aromatic rings. The van der Waals surface area contributed by atoms with E-state index in [0.29, 0.717) is 24.7 Å². The zero-order valence-electron chi connectivity index (χ0n) is 15.2. The monoisotopic (exact) mass is 383 g/mol. The zero-order chi connectivity index (χ0) is 18.9. The molecule has 3 heterocycles. The second kappa shape index (κ2) is 7.17. The van der Waals surface area contributed by atoms with Gasteiger partial charge in [-0.15, -0.1) is 11.3 Å². The zero-order valence-corrected chi connectivity index (χ0v) is 16.1. The lowest BCUT2D eigenvalue weighted by Gasteiger charge is -2.34. The Bertz CT molecular complexity index is 951. The standard InChI is InChI=1S/C20H21N3O3S/c1-13-14(18-21-8-10-25-18)4-3-5-16(13)23-19(24)22-12-20(2)15-7-11-27-17(15)6-9-26-20/h3-5,7-8,10-11H,6,9,12H2,1-2H3,(H2,22,23,24). The Hall–Kier alpha value is -2.64. The molecule has 7 heteroatoms. The van der Waals surface area contributed by atoms with Gasteiger partial charge in [-0.2, -0.15) is 0 Å². The lowest BCUT2D eigenvalue weighted by Crippen LogP contribution is -2.44. The number of nitrogens with one attached hydrogen (secondary N) is 2. The number of carbonyl (C=O) groups is 1. The Balaban J connectivity index is 1.45. The summed E-state index contributed by atoms with van der Waals surface area (Å²) < 4.78 is 11.4. The van der Waals surface area contributed by atoms with Gasteiger partial charge in [0.25, 0.3) is 0 Å². The van der Waals surface area contributed by atoms with Crippen molar-refractivity contribution in [2.75, 3.05) is 18.5 Å². The first-order valence-corrected chi connectivity index (χ1v) is 9.70. The van der Waals surface area contributed by atoms with E-state index in [1.807, 2.05) is 32.0 Å². The van der Waals surface area contributed by atoms with Gasteiger partial charge < -0.3 is 19.8 Å². The summed E-state index contributed by atoms with van der Waals surface area (Å²) in [7, 11) is 0. The third-order valence-corrected chi connectivity index (χ3v) is 5.88. The number of thiophene rings is 1. The lowest BCUT2D eigenvalue weighted by molar-refractivity contribution is -0.0416. The third kappa shape index (κ3) is 3.48. The summed E-state index contributed by atoms with van der Waals surface area (Å²) in [6.45, 7) is 5.02. The summed E-state index contributed by atoms with van der Waals surface area (Å²) in [5.74, 6) is 0.532. The van der Waals surface area contributed by atoms with Crippen molar-refractivity contribution in [1.82, 2.24) is 10.3 Å². The predicted molar refractivity (Wildman–Crippen MR) is 105 cm³/mol. The number of aromatic nitrogens is 1. The third-order valence-electron chi connectivity index (χ3n) is 4.90. The number of fused-ring (bicyclic) bond motifs is 1. The van der Waals surface area contributed by atoms with Crippen LogP contribution >= 0.6 is 11.3 Å². The van der Waals surface area contributed by atoms with Crippen LogP contribution in [0, 0.1) is 6.92 Å². The SMILES string of the molecule is Cc1c(NC(=O)NCC2(C)OCCc3sccc32)cccc1-c1ncco1. The summed E-state index contributed by atoms with van der Waals surface area (Å²) in [6.07, 6.45) is 4.07. The molecule has 1 unspecified atom stereocenters. The molecule has 2 aromatic heterocycles. The van der Waals surface area contributed by atoms with E-state index in [9.17, 15) is 4.79 Å². The van der Waals surface area contributed by atoms with Gasteiger partial charge in [0.2, 0.25) is 5.89 Å². The number of hydrogen-bond donors (Lipinski definition) is 2. The molecule has 1 aliphatic rings. The largest absolute Gasteiger partial charge is 0.445 e. The molecule has 1 aromatic carbocycles. The Morgan fingerprint density at radius 2 is 2.26 bits per heavy atom. The molecule has 0 radical (unpaired) electrons. The summed E-state index contributed by atoms with van der Waals surface area (Å²) in [6, 6.07) is 7.46. The quantitative estimate of drug-likeness (QED) is 0.703. The Morgan fingerprint density at radius 3 is 3.07 bits per heavy atom. The van der Waals surface area contributed by atoms with Crippen LogP contribution in [0.2, 0.25) is 0 Å². The average molecular weight is 383 g/mol. The van der Waals surface area contributed by atoms with Gasteiger partial charge in [0.1, 0.15) is 11.9 Å². The van der Waals surface area contributed by atoms with Crippen molar-refractivity contribution in [2.24, 2.45) is 0 Å². The topological polar surface area (TPSA) is 76.4 Å². The first-order valence-electron chi connectivity index (χ1n) is 8.82. The normalized spacial score (nSPS) is 18.7. The number of amides is 2. The molecule has 27 heavy (non-hydrogen) atoms. The van der Waals surface area contributed by atoms with Crippen LogP contribution in [0.5, 0.6) is 0 Å². The first kappa shape index (κ1) is 17.8. The van der Waals surface area contributed by atoms with E-state index in [0.717, 1.165) is 17.5 Å². The molecule has 0 saturated carbocycles. The molecule has 0 aliphatic carbocycles. The number of benzene rings is 1. The van der Waals surface area contributed by atoms with E-state index >= 15 is 0 Å². The maximum Gasteiger partial charge on any atom is 0.319 e. The first-order chi connectivity index (χ1) is 13.1. The Labute approximate surface area is 161 Å². The number of ether oxygens (including phenoxy) is 1. The lowest BCUT2D eigenvalue weighted by atomic mass is 9.93. The van der Waals surface area contributed by atoms with Crippen LogP contribution in [0.1, 0.15) is 22.9 Å². The van der Waals surface area contributed by atoms with Crippen LogP contribution in [0.25, 0.3) is 11.5 Å². The molecule has 0 fully saturated rings. The molecule has 0 spiro atoms. The van der Waals surface area contributed by atoms with Gasteiger partial charge in [-0.3, -0.25) is 0 Å². The van der Waals surface area contributed by atoms with Crippen LogP contribution in [0.4, 0.5) is 10.5 Å². The highest BCUT2D eigenvalue weighted by Crippen LogP contribution is 2.35. The summed E-state index contributed by atoms with van der Waals surface area (Å²) >= 11 is 1.74. The fourth-order valence-electron chi connectivity index (χ4n) is 3.37. The highest BCUT2D eigenvalue weighted by Gasteiger charge is 2.34. The number of anilines is 1. The highest BCUT2D eigenvalue weighted by molar-refractivity contribution is 7.10. The molecule has 6 nitrogen and oxygen atoms in total. The van der Waals surface area contributed by atoms with Crippen LogP contribution in [-0.4, -0.2) is 24.2 Å². The highest BCUT2D eigenvalue weighted by atomic mass is 32.1. The van der Waals surface area contributed by atoms with Gasteiger partial charge in [-0.05, 0) is 48.6 Å². The van der Waals surface area contributed by atoms with E-state index in [-0.39, 0.29) is 6.03 Å². The van der Waals surface area contributed by atoms with Crippen molar-refractivity contribution in [3.05, 3.63) is 58.1 Å². The fourth-order valence-corrected chi connectivity index (χ4v) is 4.35. The van der Waals surface area contributed by atoms with E-state index in [4.69, 9.17) is 9.15 Å². The van der Waals surface area contributed by atoms with Crippen molar-refractivity contribution in [2.45, 2.75) is 25.9 Å². The molecular weight excluding hydrogens is 362 g/mol. The Morgan fingerprint density at radius 1 is 1.37 bits per heavy atom. The van der Waals surface area contributed by atoms with Crippen LogP contribution in [0.3, 0.4) is 0 Å². The molecule has 1 aliphatic heterocycles. The summed E-state index contributed by atoms with van der Waals surface area (Å²) in [4.78, 5) is 18.0. The van der Waals surface area contributed by atoms with Crippen molar-refractivity contribution in [1.29, 1.82) is 0 Å². The number of rotatable bonds is 4. The summed E-state index contributed by atoms with van der Waals surface area (Å²) in [5.41, 5.74) is 3.13. The molecule has 0 bridgehead atoms. The van der Waals surface area contributed by atoms with Crippen molar-refractivity contribution in [3.8, 4) is 11.5 Å². The molecule has 2 amide bonds. The molecular formula is C20H21N3O3S. The molecule has 1 atom stereocenters. The smallest absolute Gasteiger partial charge is 0.319 e. The van der Waals surface area contributed by atoms with Crippen molar-refractivity contribution >= 4 is 23.1 Å². The minimum atomic E-state index is -0.500. The van der Waals surface area contributed by atoms with Gasteiger partial charge in [0, 0.05) is 22.5 Å². The minimum Gasteiger partial charge on any atom is -0.445 e. The van der Waals surface area contributed by atoms with Crippen LogP contribution in [0.15, 0.2) is 46.5 Å². The number of hydrogen-bond acceptors (Lipinski definition) is 5. The second-order valence-corrected chi connectivity index (χ2v) is 7.71. The number of oxazole rings is 1. The number of carbonyl (C=O) groups excluding carboxylic acids is 1. The van der Waals surface area contributed by atoms with Crippen molar-refractivity contribution < 1.29 is 13.9 Å². The summed E-state index contributed by atoms with van der Waals surface area (Å²) in [5, 5.41) is 7.94. The van der Waals surface area contributed by atoms with Gasteiger partial charge in [0.15, 0.2) is 0 Å². The van der Waals surface area contributed by atoms with Crippen LogP contribution in [-0.2, 0) is 16.8 Å². The van der Waals surface area contributed by atoms with E-state index < -0.39 is 5.60 Å². The van der Waals surface area contributed by atoms with Crippen LogP contribution < -0.4 is 10.6 Å². The second-order valence-electron chi connectivity index (χ2n) is 6.71. The van der Waals surface area contributed by atoms with E-state index in [2.05, 4.69) is 27.1 Å². The van der Waals surface area contributed by atoms with E-state index in [1.54, 1.807) is 17.5 Å². The van der Waals surface area contributed by atoms with E-state index in [1.165, 1.54) is 16.7 Å². The fraction of sp³-hybridized carbons (Fsp3) is 0.300. The van der Waals surface area contributed by atoms with Gasteiger partial charge in [0.05, 0.1) is 19.3 Å². The average Bonchev–Trinajstić information content (AvgIpc) is 3.34. The van der Waals surface area contributed by atoms with Gasteiger partial charge >= 0.3 is 6.03 Å². The maximum absolute atomic E-state index is 12.5. The molecule has 2 N–H and O–H groups in total. The molecule has 0 saturated heterocycles. The van der Waals surface area contributed by atoms with Gasteiger partial charge in [-0.25, -0.2) is 9.78 Å². The minimum absolute atomic E-state index is 0.269. The Kier molecular flexibility index (Phi) is 4.72. The maximum atomic E-state index is 12.5.